The number of carbonyl (C=O) groups is 1. The van der Waals surface area contributed by atoms with Crippen molar-refractivity contribution in [1.29, 1.82) is 0 Å². The quantitative estimate of drug-likeness (QED) is 0.757. The molecule has 0 saturated carbocycles. The van der Waals surface area contributed by atoms with Gasteiger partial charge in [0, 0.05) is 10.1 Å². The monoisotopic (exact) mass is 208 g/mol. The first-order valence-corrected chi connectivity index (χ1v) is 4.92. The van der Waals surface area contributed by atoms with E-state index in [1.807, 2.05) is 12.3 Å². The fraction of sp³-hybridized carbons (Fsp3) is 0.100. The zero-order valence-corrected chi connectivity index (χ0v) is 8.26. The predicted octanol–water partition coefficient (Wildman–Crippen LogP) is 2.61. The number of carboxylic acids is 1. The summed E-state index contributed by atoms with van der Waals surface area (Å²) >= 11 is 1.48. The van der Waals surface area contributed by atoms with E-state index in [4.69, 9.17) is 5.11 Å². The number of benzene rings is 1. The van der Waals surface area contributed by atoms with Gasteiger partial charge < -0.3 is 10.2 Å². The van der Waals surface area contributed by atoms with Crippen LogP contribution in [0, 0.1) is 6.92 Å². The van der Waals surface area contributed by atoms with E-state index in [1.165, 1.54) is 17.4 Å². The smallest absolute Gasteiger partial charge is 0.340 e. The van der Waals surface area contributed by atoms with Crippen molar-refractivity contribution in [3.8, 4) is 5.75 Å². The molecule has 0 aliphatic carbocycles. The van der Waals surface area contributed by atoms with Crippen LogP contribution in [0.3, 0.4) is 0 Å². The maximum absolute atomic E-state index is 10.9. The Labute approximate surface area is 84.2 Å². The van der Waals surface area contributed by atoms with Gasteiger partial charge in [0.05, 0.1) is 0 Å². The maximum Gasteiger partial charge on any atom is 0.340 e. The number of carboxylic acid groups (broad SMARTS) is 1. The molecule has 2 aromatic rings. The van der Waals surface area contributed by atoms with Gasteiger partial charge in [0.15, 0.2) is 0 Å². The molecular formula is C10H8O3S. The molecule has 0 spiro atoms. The molecule has 0 aliphatic heterocycles. The molecule has 1 heterocycles. The molecule has 72 valence electrons. The number of hydrogen-bond donors (Lipinski definition) is 2. The highest BCUT2D eigenvalue weighted by atomic mass is 32.1. The summed E-state index contributed by atoms with van der Waals surface area (Å²) in [6.45, 7) is 1.84. The molecule has 0 amide bonds. The van der Waals surface area contributed by atoms with E-state index in [2.05, 4.69) is 0 Å². The van der Waals surface area contributed by atoms with Crippen LogP contribution < -0.4 is 0 Å². The number of rotatable bonds is 1. The Hall–Kier alpha value is -1.55. The maximum atomic E-state index is 10.9. The van der Waals surface area contributed by atoms with Crippen molar-refractivity contribution >= 4 is 27.4 Å². The fourth-order valence-corrected chi connectivity index (χ4v) is 2.44. The van der Waals surface area contributed by atoms with Crippen LogP contribution in [0.5, 0.6) is 5.75 Å². The fourth-order valence-electron chi connectivity index (χ4n) is 1.49. The lowest BCUT2D eigenvalue weighted by Crippen LogP contribution is -1.97. The standard InChI is InChI=1S/C10H8O3S/c1-5-4-14-7-3-2-6(11)9(8(5)7)10(12)13/h2-4,11H,1H3,(H,12,13). The van der Waals surface area contributed by atoms with E-state index in [-0.39, 0.29) is 11.3 Å². The van der Waals surface area contributed by atoms with Crippen molar-refractivity contribution < 1.29 is 15.0 Å². The van der Waals surface area contributed by atoms with Crippen LogP contribution in [-0.4, -0.2) is 16.2 Å². The Kier molecular flexibility index (Phi) is 1.93. The van der Waals surface area contributed by atoms with Gasteiger partial charge in [-0.25, -0.2) is 4.79 Å². The van der Waals surface area contributed by atoms with Gasteiger partial charge in [-0.15, -0.1) is 11.3 Å². The number of hydrogen-bond acceptors (Lipinski definition) is 3. The zero-order chi connectivity index (χ0) is 10.3. The van der Waals surface area contributed by atoms with Gasteiger partial charge in [-0.2, -0.15) is 0 Å². The normalized spacial score (nSPS) is 10.6. The third kappa shape index (κ3) is 1.15. The number of thiophene rings is 1. The van der Waals surface area contributed by atoms with Crippen molar-refractivity contribution in [3.63, 3.8) is 0 Å². The molecule has 1 aromatic heterocycles. The molecule has 0 bridgehead atoms. The first kappa shape index (κ1) is 9.02. The Balaban J connectivity index is 2.94. The summed E-state index contributed by atoms with van der Waals surface area (Å²) in [5, 5.41) is 20.9. The highest BCUT2D eigenvalue weighted by Gasteiger charge is 2.16. The molecule has 14 heavy (non-hydrogen) atoms. The summed E-state index contributed by atoms with van der Waals surface area (Å²) in [4.78, 5) is 10.9. The van der Waals surface area contributed by atoms with Gasteiger partial charge in [-0.1, -0.05) is 0 Å². The summed E-state index contributed by atoms with van der Waals surface area (Å²) in [6, 6.07) is 3.15. The summed E-state index contributed by atoms with van der Waals surface area (Å²) < 4.78 is 0.887. The van der Waals surface area contributed by atoms with Crippen LogP contribution in [0.15, 0.2) is 17.5 Å². The summed E-state index contributed by atoms with van der Waals surface area (Å²) in [7, 11) is 0. The van der Waals surface area contributed by atoms with E-state index in [0.717, 1.165) is 10.3 Å². The van der Waals surface area contributed by atoms with Gasteiger partial charge in [0.1, 0.15) is 11.3 Å². The molecule has 0 aliphatic rings. The predicted molar refractivity (Wildman–Crippen MR) is 55.2 cm³/mol. The largest absolute Gasteiger partial charge is 0.507 e. The minimum atomic E-state index is -1.09. The Morgan fingerprint density at radius 1 is 1.43 bits per heavy atom. The van der Waals surface area contributed by atoms with Crippen LogP contribution in [0.25, 0.3) is 10.1 Å². The third-order valence-corrected chi connectivity index (χ3v) is 3.18. The van der Waals surface area contributed by atoms with Crippen LogP contribution in [-0.2, 0) is 0 Å². The van der Waals surface area contributed by atoms with E-state index >= 15 is 0 Å². The minimum absolute atomic E-state index is 0.00116. The Bertz CT molecular complexity index is 513. The SMILES string of the molecule is Cc1csc2ccc(O)c(C(=O)O)c12. The molecule has 0 saturated heterocycles. The van der Waals surface area contributed by atoms with Gasteiger partial charge in [-0.3, -0.25) is 0 Å². The number of aryl methyl sites for hydroxylation is 1. The van der Waals surface area contributed by atoms with Gasteiger partial charge in [0.2, 0.25) is 0 Å². The van der Waals surface area contributed by atoms with Crippen molar-refractivity contribution in [1.82, 2.24) is 0 Å². The van der Waals surface area contributed by atoms with Gasteiger partial charge in [0.25, 0.3) is 0 Å². The van der Waals surface area contributed by atoms with E-state index in [0.29, 0.717) is 5.39 Å². The lowest BCUT2D eigenvalue weighted by atomic mass is 10.1. The second-order valence-corrected chi connectivity index (χ2v) is 3.97. The molecule has 2 rings (SSSR count). The Morgan fingerprint density at radius 3 is 2.79 bits per heavy atom. The molecular weight excluding hydrogens is 200 g/mol. The highest BCUT2D eigenvalue weighted by Crippen LogP contribution is 2.33. The second-order valence-electron chi connectivity index (χ2n) is 3.06. The molecule has 3 nitrogen and oxygen atoms in total. The van der Waals surface area contributed by atoms with Gasteiger partial charge >= 0.3 is 5.97 Å². The van der Waals surface area contributed by atoms with E-state index in [1.54, 1.807) is 6.07 Å². The Morgan fingerprint density at radius 2 is 2.14 bits per heavy atom. The lowest BCUT2D eigenvalue weighted by molar-refractivity contribution is 0.0696. The molecule has 0 radical (unpaired) electrons. The average molecular weight is 208 g/mol. The minimum Gasteiger partial charge on any atom is -0.507 e. The average Bonchev–Trinajstić information content (AvgIpc) is 2.47. The molecule has 0 atom stereocenters. The van der Waals surface area contributed by atoms with E-state index < -0.39 is 5.97 Å². The van der Waals surface area contributed by atoms with Crippen LogP contribution in [0.1, 0.15) is 15.9 Å². The van der Waals surface area contributed by atoms with Crippen LogP contribution in [0.4, 0.5) is 0 Å². The molecule has 1 aromatic carbocycles. The van der Waals surface area contributed by atoms with Crippen LogP contribution >= 0.6 is 11.3 Å². The molecule has 4 heteroatoms. The zero-order valence-electron chi connectivity index (χ0n) is 7.44. The topological polar surface area (TPSA) is 57.5 Å². The number of fused-ring (bicyclic) bond motifs is 1. The molecule has 2 N–H and O–H groups in total. The third-order valence-electron chi connectivity index (χ3n) is 2.12. The van der Waals surface area contributed by atoms with E-state index in [9.17, 15) is 9.90 Å². The first-order valence-electron chi connectivity index (χ1n) is 4.04. The number of aromatic hydroxyl groups is 1. The molecule has 0 fully saturated rings. The number of phenols is 1. The number of aromatic carboxylic acids is 1. The van der Waals surface area contributed by atoms with Crippen molar-refractivity contribution in [2.45, 2.75) is 6.92 Å². The van der Waals surface area contributed by atoms with Crippen LogP contribution in [0.2, 0.25) is 0 Å². The van der Waals surface area contributed by atoms with Crippen molar-refractivity contribution in [2.24, 2.45) is 0 Å². The molecule has 0 unspecified atom stereocenters. The van der Waals surface area contributed by atoms with Gasteiger partial charge in [-0.05, 0) is 30.0 Å². The summed E-state index contributed by atoms with van der Waals surface area (Å²) in [5.74, 6) is -1.26. The highest BCUT2D eigenvalue weighted by molar-refractivity contribution is 7.17. The summed E-state index contributed by atoms with van der Waals surface area (Å²) in [5.41, 5.74) is 0.888. The lowest BCUT2D eigenvalue weighted by Gasteiger charge is -2.01. The first-order chi connectivity index (χ1) is 6.61. The second kappa shape index (κ2) is 2.99. The van der Waals surface area contributed by atoms with Crippen molar-refractivity contribution in [3.05, 3.63) is 28.6 Å². The van der Waals surface area contributed by atoms with Crippen molar-refractivity contribution in [2.75, 3.05) is 0 Å². The summed E-state index contributed by atoms with van der Waals surface area (Å²) in [6.07, 6.45) is 0.